The van der Waals surface area contributed by atoms with Crippen molar-refractivity contribution in [2.24, 2.45) is 0 Å². The van der Waals surface area contributed by atoms with Gasteiger partial charge in [0.25, 0.3) is 11.5 Å². The van der Waals surface area contributed by atoms with E-state index in [2.05, 4.69) is 10.3 Å². The van der Waals surface area contributed by atoms with Crippen LogP contribution in [-0.2, 0) is 0 Å². The van der Waals surface area contributed by atoms with Crippen LogP contribution in [-0.4, -0.2) is 26.1 Å². The van der Waals surface area contributed by atoms with Crippen molar-refractivity contribution in [3.05, 3.63) is 64.2 Å². The standard InChI is InChI=1S/C20H19N3O3/c1-12-3-4-13(18(25)22-20(2)7-8-20)9-17(12)23-11-21-16-6-5-14(24)10-15(16)19(23)26/h3-6,9-11,24H,7-8H2,1-2H3,(H,22,25). The molecule has 0 unspecified atom stereocenters. The lowest BCUT2D eigenvalue weighted by Crippen LogP contribution is -2.34. The van der Waals surface area contributed by atoms with E-state index in [0.29, 0.717) is 22.2 Å². The highest BCUT2D eigenvalue weighted by atomic mass is 16.3. The van der Waals surface area contributed by atoms with Crippen molar-refractivity contribution in [1.82, 2.24) is 14.9 Å². The Kier molecular flexibility index (Phi) is 3.57. The Balaban J connectivity index is 1.81. The van der Waals surface area contributed by atoms with Crippen molar-refractivity contribution in [1.29, 1.82) is 0 Å². The largest absolute Gasteiger partial charge is 0.508 e. The molecule has 0 spiro atoms. The Morgan fingerprint density at radius 3 is 2.73 bits per heavy atom. The molecule has 0 radical (unpaired) electrons. The van der Waals surface area contributed by atoms with Gasteiger partial charge in [-0.3, -0.25) is 14.2 Å². The number of hydrogen-bond acceptors (Lipinski definition) is 4. The number of aromatic nitrogens is 2. The van der Waals surface area contributed by atoms with E-state index < -0.39 is 0 Å². The third-order valence-corrected chi connectivity index (χ3v) is 4.89. The highest BCUT2D eigenvalue weighted by Gasteiger charge is 2.38. The summed E-state index contributed by atoms with van der Waals surface area (Å²) < 4.78 is 1.41. The minimum Gasteiger partial charge on any atom is -0.508 e. The second-order valence-electron chi connectivity index (χ2n) is 7.14. The number of phenolic OH excluding ortho intramolecular Hbond substituents is 1. The van der Waals surface area contributed by atoms with Gasteiger partial charge in [0.2, 0.25) is 0 Å². The summed E-state index contributed by atoms with van der Waals surface area (Å²) in [4.78, 5) is 29.7. The molecule has 0 saturated heterocycles. The fourth-order valence-electron chi connectivity index (χ4n) is 2.95. The third-order valence-electron chi connectivity index (χ3n) is 4.89. The summed E-state index contributed by atoms with van der Waals surface area (Å²) in [5, 5.41) is 13.0. The summed E-state index contributed by atoms with van der Waals surface area (Å²) in [5.41, 5.74) is 2.06. The molecule has 26 heavy (non-hydrogen) atoms. The molecule has 6 heteroatoms. The molecule has 1 saturated carbocycles. The second-order valence-corrected chi connectivity index (χ2v) is 7.14. The molecule has 3 aromatic rings. The zero-order valence-corrected chi connectivity index (χ0v) is 14.6. The fourth-order valence-corrected chi connectivity index (χ4v) is 2.95. The predicted molar refractivity (Wildman–Crippen MR) is 98.8 cm³/mol. The first-order chi connectivity index (χ1) is 12.4. The van der Waals surface area contributed by atoms with Crippen molar-refractivity contribution in [3.8, 4) is 11.4 Å². The average molecular weight is 349 g/mol. The summed E-state index contributed by atoms with van der Waals surface area (Å²) in [5.74, 6) is -0.137. The van der Waals surface area contributed by atoms with E-state index in [9.17, 15) is 14.7 Å². The Labute approximate surface area is 150 Å². The molecule has 0 atom stereocenters. The smallest absolute Gasteiger partial charge is 0.265 e. The van der Waals surface area contributed by atoms with Gasteiger partial charge >= 0.3 is 0 Å². The molecule has 0 aliphatic heterocycles. The number of benzene rings is 2. The number of nitrogens with zero attached hydrogens (tertiary/aromatic N) is 2. The molecule has 4 rings (SSSR count). The molecule has 1 amide bonds. The van der Waals surface area contributed by atoms with Crippen molar-refractivity contribution >= 4 is 16.8 Å². The predicted octanol–water partition coefficient (Wildman–Crippen LogP) is 2.68. The Bertz CT molecular complexity index is 1100. The number of fused-ring (bicyclic) bond motifs is 1. The SMILES string of the molecule is Cc1ccc(C(=O)NC2(C)CC2)cc1-n1cnc2ccc(O)cc2c1=O. The van der Waals surface area contributed by atoms with Crippen molar-refractivity contribution < 1.29 is 9.90 Å². The van der Waals surface area contributed by atoms with E-state index in [4.69, 9.17) is 0 Å². The van der Waals surface area contributed by atoms with Gasteiger partial charge in [0.1, 0.15) is 12.1 Å². The van der Waals surface area contributed by atoms with Crippen LogP contribution in [0.3, 0.4) is 0 Å². The van der Waals surface area contributed by atoms with E-state index in [1.165, 1.54) is 23.0 Å². The summed E-state index contributed by atoms with van der Waals surface area (Å²) in [6, 6.07) is 9.77. The van der Waals surface area contributed by atoms with E-state index in [0.717, 1.165) is 18.4 Å². The fraction of sp³-hybridized carbons (Fsp3) is 0.250. The van der Waals surface area contributed by atoms with Gasteiger partial charge in [0, 0.05) is 11.1 Å². The van der Waals surface area contributed by atoms with Crippen LogP contribution in [0.15, 0.2) is 47.5 Å². The van der Waals surface area contributed by atoms with E-state index in [-0.39, 0.29) is 22.8 Å². The van der Waals surface area contributed by atoms with Gasteiger partial charge in [-0.2, -0.15) is 0 Å². The Morgan fingerprint density at radius 2 is 2.00 bits per heavy atom. The second kappa shape index (κ2) is 5.69. The average Bonchev–Trinajstić information content (AvgIpc) is 3.33. The van der Waals surface area contributed by atoms with Gasteiger partial charge in [-0.25, -0.2) is 4.98 Å². The van der Waals surface area contributed by atoms with Crippen LogP contribution in [0, 0.1) is 6.92 Å². The van der Waals surface area contributed by atoms with Crippen LogP contribution >= 0.6 is 0 Å². The van der Waals surface area contributed by atoms with Gasteiger partial charge in [-0.1, -0.05) is 6.07 Å². The van der Waals surface area contributed by atoms with E-state index >= 15 is 0 Å². The molecular formula is C20H19N3O3. The minimum atomic E-state index is -0.291. The number of hydrogen-bond donors (Lipinski definition) is 2. The Morgan fingerprint density at radius 1 is 1.23 bits per heavy atom. The first-order valence-electron chi connectivity index (χ1n) is 8.50. The molecule has 0 bridgehead atoms. The highest BCUT2D eigenvalue weighted by Crippen LogP contribution is 2.34. The normalized spacial score (nSPS) is 15.0. The maximum atomic E-state index is 12.9. The van der Waals surface area contributed by atoms with Crippen LogP contribution < -0.4 is 10.9 Å². The van der Waals surface area contributed by atoms with Crippen LogP contribution in [0.5, 0.6) is 5.75 Å². The van der Waals surface area contributed by atoms with Gasteiger partial charge in [-0.15, -0.1) is 0 Å². The maximum absolute atomic E-state index is 12.9. The number of rotatable bonds is 3. The van der Waals surface area contributed by atoms with Crippen molar-refractivity contribution in [2.75, 3.05) is 0 Å². The lowest BCUT2D eigenvalue weighted by molar-refractivity contribution is 0.0935. The first-order valence-corrected chi connectivity index (χ1v) is 8.50. The molecule has 1 aliphatic rings. The number of carbonyl (C=O) groups is 1. The zero-order valence-electron chi connectivity index (χ0n) is 14.6. The summed E-state index contributed by atoms with van der Waals surface area (Å²) in [6.45, 7) is 3.89. The summed E-state index contributed by atoms with van der Waals surface area (Å²) in [7, 11) is 0. The number of nitrogens with one attached hydrogen (secondary N) is 1. The molecule has 1 fully saturated rings. The van der Waals surface area contributed by atoms with E-state index in [1.807, 2.05) is 19.9 Å². The minimum absolute atomic E-state index is 0.0108. The lowest BCUT2D eigenvalue weighted by Gasteiger charge is -2.14. The van der Waals surface area contributed by atoms with Crippen LogP contribution in [0.1, 0.15) is 35.7 Å². The molecule has 6 nitrogen and oxygen atoms in total. The number of phenols is 1. The zero-order chi connectivity index (χ0) is 18.5. The monoisotopic (exact) mass is 349 g/mol. The molecule has 2 aromatic carbocycles. The lowest BCUT2D eigenvalue weighted by atomic mass is 10.1. The van der Waals surface area contributed by atoms with Gasteiger partial charge in [0.05, 0.1) is 16.6 Å². The molecule has 132 valence electrons. The van der Waals surface area contributed by atoms with Crippen molar-refractivity contribution in [3.63, 3.8) is 0 Å². The molecule has 1 heterocycles. The molecular weight excluding hydrogens is 330 g/mol. The highest BCUT2D eigenvalue weighted by molar-refractivity contribution is 5.95. The van der Waals surface area contributed by atoms with Crippen LogP contribution in [0.2, 0.25) is 0 Å². The summed E-state index contributed by atoms with van der Waals surface area (Å²) in [6.07, 6.45) is 3.41. The maximum Gasteiger partial charge on any atom is 0.265 e. The summed E-state index contributed by atoms with van der Waals surface area (Å²) >= 11 is 0. The topological polar surface area (TPSA) is 84.2 Å². The van der Waals surface area contributed by atoms with Gasteiger partial charge in [0.15, 0.2) is 0 Å². The van der Waals surface area contributed by atoms with Gasteiger partial charge in [-0.05, 0) is 62.6 Å². The van der Waals surface area contributed by atoms with Crippen LogP contribution in [0.25, 0.3) is 16.6 Å². The molecule has 1 aliphatic carbocycles. The number of amides is 1. The van der Waals surface area contributed by atoms with E-state index in [1.54, 1.807) is 18.2 Å². The van der Waals surface area contributed by atoms with Crippen molar-refractivity contribution in [2.45, 2.75) is 32.2 Å². The third kappa shape index (κ3) is 2.83. The quantitative estimate of drug-likeness (QED) is 0.761. The van der Waals surface area contributed by atoms with Gasteiger partial charge < -0.3 is 10.4 Å². The molecule has 2 N–H and O–H groups in total. The first kappa shape index (κ1) is 16.3. The molecule has 1 aromatic heterocycles. The number of aryl methyl sites for hydroxylation is 1. The van der Waals surface area contributed by atoms with Crippen LogP contribution in [0.4, 0.5) is 0 Å². The number of aromatic hydroxyl groups is 1. The number of carbonyl (C=O) groups excluding carboxylic acids is 1. The Hall–Kier alpha value is -3.15.